The first kappa shape index (κ1) is 10.0. The molecule has 0 amide bonds. The van der Waals surface area contributed by atoms with Crippen LogP contribution in [0.2, 0.25) is 0 Å². The van der Waals surface area contributed by atoms with E-state index in [0.717, 1.165) is 17.7 Å². The highest BCUT2D eigenvalue weighted by Crippen LogP contribution is 2.02. The normalized spacial score (nSPS) is 12.1. The maximum Gasteiger partial charge on any atom is 0.0336 e. The molecule has 0 rings (SSSR count). The lowest BCUT2D eigenvalue weighted by atomic mass is 10.2. The molecule has 0 spiro atoms. The van der Waals surface area contributed by atoms with Crippen LogP contribution in [-0.2, 0) is 0 Å². The first-order valence-corrected chi connectivity index (χ1v) is 3.94. The molecule has 0 atom stereocenters. The molecular formula is C10H17N. The fraction of sp³-hybridized carbons (Fsp3) is 0.400. The van der Waals surface area contributed by atoms with Gasteiger partial charge in [0.05, 0.1) is 0 Å². The minimum atomic E-state index is 1.00. The summed E-state index contributed by atoms with van der Waals surface area (Å²) >= 11 is 0. The van der Waals surface area contributed by atoms with Gasteiger partial charge in [-0.2, -0.15) is 0 Å². The second-order valence-corrected chi connectivity index (χ2v) is 2.36. The first-order valence-electron chi connectivity index (χ1n) is 3.94. The van der Waals surface area contributed by atoms with Crippen LogP contribution in [0, 0.1) is 0 Å². The van der Waals surface area contributed by atoms with Crippen LogP contribution in [0.25, 0.3) is 0 Å². The Morgan fingerprint density at radius 3 is 2.55 bits per heavy atom. The molecule has 0 fully saturated rings. The number of hydrogen-bond acceptors (Lipinski definition) is 1. The molecular weight excluding hydrogens is 134 g/mol. The van der Waals surface area contributed by atoms with Crippen molar-refractivity contribution in [2.24, 2.45) is 0 Å². The van der Waals surface area contributed by atoms with Gasteiger partial charge in [0, 0.05) is 12.7 Å². The Labute approximate surface area is 69.5 Å². The van der Waals surface area contributed by atoms with Crippen molar-refractivity contribution < 1.29 is 0 Å². The van der Waals surface area contributed by atoms with Crippen molar-refractivity contribution in [3.63, 3.8) is 0 Å². The summed E-state index contributed by atoms with van der Waals surface area (Å²) in [5.41, 5.74) is 2.26. The molecule has 1 N–H and O–H groups in total. The van der Waals surface area contributed by atoms with Crippen molar-refractivity contribution in [3.05, 3.63) is 36.1 Å². The van der Waals surface area contributed by atoms with E-state index in [9.17, 15) is 0 Å². The lowest BCUT2D eigenvalue weighted by molar-refractivity contribution is 1.02. The van der Waals surface area contributed by atoms with Crippen LogP contribution in [0.3, 0.4) is 0 Å². The third-order valence-electron chi connectivity index (χ3n) is 1.45. The summed E-state index contributed by atoms with van der Waals surface area (Å²) in [6.07, 6.45) is 7.09. The van der Waals surface area contributed by atoms with Crippen LogP contribution in [-0.4, -0.2) is 7.05 Å². The molecule has 11 heavy (non-hydrogen) atoms. The monoisotopic (exact) mass is 151 g/mol. The van der Waals surface area contributed by atoms with E-state index >= 15 is 0 Å². The topological polar surface area (TPSA) is 12.0 Å². The fourth-order valence-electron chi connectivity index (χ4n) is 0.705. The molecule has 1 nitrogen and oxygen atoms in total. The van der Waals surface area contributed by atoms with Gasteiger partial charge in [-0.05, 0) is 25.5 Å². The van der Waals surface area contributed by atoms with Gasteiger partial charge >= 0.3 is 0 Å². The van der Waals surface area contributed by atoms with E-state index in [2.05, 4.69) is 24.9 Å². The molecule has 0 unspecified atom stereocenters. The van der Waals surface area contributed by atoms with E-state index in [1.165, 1.54) is 0 Å². The number of allylic oxidation sites excluding steroid dienone is 4. The molecule has 0 aliphatic rings. The zero-order valence-electron chi connectivity index (χ0n) is 7.65. The molecule has 1 heteroatoms. The van der Waals surface area contributed by atoms with Crippen molar-refractivity contribution in [2.45, 2.75) is 20.3 Å². The Hall–Kier alpha value is -0.980. The third kappa shape index (κ3) is 4.43. The molecule has 0 aromatic carbocycles. The Morgan fingerprint density at radius 2 is 2.18 bits per heavy atom. The van der Waals surface area contributed by atoms with Gasteiger partial charge in [-0.1, -0.05) is 25.2 Å². The molecule has 0 bridgehead atoms. The van der Waals surface area contributed by atoms with Crippen LogP contribution in [0.15, 0.2) is 36.1 Å². The Kier molecular flexibility index (Phi) is 5.26. The van der Waals surface area contributed by atoms with Crippen molar-refractivity contribution in [1.82, 2.24) is 5.32 Å². The van der Waals surface area contributed by atoms with E-state index in [1.807, 2.05) is 26.1 Å². The number of likely N-dealkylation sites (N-methyl/N-ethyl adjacent to an activating group) is 1. The van der Waals surface area contributed by atoms with Crippen molar-refractivity contribution in [1.29, 1.82) is 0 Å². The molecule has 0 aromatic rings. The maximum absolute atomic E-state index is 3.89. The standard InChI is InChI=1S/C10H17N/c1-5-7-10(11-4)8-9(3)6-2/h5,7-8,11H,3,6H2,1-2,4H3/b7-5-,10-8+. The van der Waals surface area contributed by atoms with Gasteiger partial charge in [-0.3, -0.25) is 0 Å². The number of rotatable bonds is 4. The summed E-state index contributed by atoms with van der Waals surface area (Å²) in [7, 11) is 1.91. The van der Waals surface area contributed by atoms with Crippen LogP contribution in [0.5, 0.6) is 0 Å². The van der Waals surface area contributed by atoms with Gasteiger partial charge in [-0.25, -0.2) is 0 Å². The van der Waals surface area contributed by atoms with Gasteiger partial charge in [0.1, 0.15) is 0 Å². The van der Waals surface area contributed by atoms with Crippen molar-refractivity contribution in [3.8, 4) is 0 Å². The van der Waals surface area contributed by atoms with E-state index in [4.69, 9.17) is 0 Å². The molecule has 0 heterocycles. The first-order chi connectivity index (χ1) is 5.24. The predicted octanol–water partition coefficient (Wildman–Crippen LogP) is 2.63. The smallest absolute Gasteiger partial charge is 0.0336 e. The van der Waals surface area contributed by atoms with Crippen molar-refractivity contribution in [2.75, 3.05) is 7.05 Å². The zero-order chi connectivity index (χ0) is 8.69. The van der Waals surface area contributed by atoms with Crippen molar-refractivity contribution >= 4 is 0 Å². The van der Waals surface area contributed by atoms with Gasteiger partial charge in [0.2, 0.25) is 0 Å². The van der Waals surface area contributed by atoms with E-state index in [-0.39, 0.29) is 0 Å². The molecule has 0 saturated carbocycles. The summed E-state index contributed by atoms with van der Waals surface area (Å²) in [5.74, 6) is 0. The number of nitrogens with one attached hydrogen (secondary N) is 1. The second kappa shape index (κ2) is 5.78. The summed E-state index contributed by atoms with van der Waals surface area (Å²) in [6.45, 7) is 7.99. The lowest BCUT2D eigenvalue weighted by Crippen LogP contribution is -2.02. The molecule has 0 aromatic heterocycles. The van der Waals surface area contributed by atoms with E-state index in [1.54, 1.807) is 0 Å². The van der Waals surface area contributed by atoms with Gasteiger partial charge < -0.3 is 5.32 Å². The fourth-order valence-corrected chi connectivity index (χ4v) is 0.705. The number of hydrogen-bond donors (Lipinski definition) is 1. The predicted molar refractivity (Wildman–Crippen MR) is 51.4 cm³/mol. The van der Waals surface area contributed by atoms with E-state index in [0.29, 0.717) is 0 Å². The molecule has 0 saturated heterocycles. The van der Waals surface area contributed by atoms with Gasteiger partial charge in [0.15, 0.2) is 0 Å². The average Bonchev–Trinajstić information content (AvgIpc) is 2.03. The molecule has 0 radical (unpaired) electrons. The highest BCUT2D eigenvalue weighted by atomic mass is 14.8. The Morgan fingerprint density at radius 1 is 1.55 bits per heavy atom. The highest BCUT2D eigenvalue weighted by molar-refractivity contribution is 5.26. The average molecular weight is 151 g/mol. The maximum atomic E-state index is 3.89. The Bertz CT molecular complexity index is 175. The summed E-state index contributed by atoms with van der Waals surface area (Å²) < 4.78 is 0. The summed E-state index contributed by atoms with van der Waals surface area (Å²) in [6, 6.07) is 0. The third-order valence-corrected chi connectivity index (χ3v) is 1.45. The molecule has 62 valence electrons. The molecule has 0 aliphatic carbocycles. The van der Waals surface area contributed by atoms with Crippen LogP contribution in [0.1, 0.15) is 20.3 Å². The highest BCUT2D eigenvalue weighted by Gasteiger charge is 1.87. The van der Waals surface area contributed by atoms with Crippen LogP contribution >= 0.6 is 0 Å². The Balaban J connectivity index is 4.22. The zero-order valence-corrected chi connectivity index (χ0v) is 7.65. The minimum Gasteiger partial charge on any atom is -0.388 e. The van der Waals surface area contributed by atoms with Crippen LogP contribution in [0.4, 0.5) is 0 Å². The van der Waals surface area contributed by atoms with Gasteiger partial charge in [0.25, 0.3) is 0 Å². The second-order valence-electron chi connectivity index (χ2n) is 2.36. The molecule has 0 aliphatic heterocycles. The quantitative estimate of drug-likeness (QED) is 0.609. The van der Waals surface area contributed by atoms with E-state index < -0.39 is 0 Å². The van der Waals surface area contributed by atoms with Crippen LogP contribution < -0.4 is 5.32 Å². The van der Waals surface area contributed by atoms with Gasteiger partial charge in [-0.15, -0.1) is 0 Å². The minimum absolute atomic E-state index is 1.00. The summed E-state index contributed by atoms with van der Waals surface area (Å²) in [4.78, 5) is 0. The largest absolute Gasteiger partial charge is 0.388 e. The lowest BCUT2D eigenvalue weighted by Gasteiger charge is -2.00. The SMILES string of the molecule is C=C(/C=C(\C=C/C)NC)CC. The summed E-state index contributed by atoms with van der Waals surface area (Å²) in [5, 5.41) is 3.08.